The summed E-state index contributed by atoms with van der Waals surface area (Å²) in [6.07, 6.45) is 12.2. The van der Waals surface area contributed by atoms with E-state index in [0.717, 1.165) is 5.92 Å². The third-order valence-corrected chi connectivity index (χ3v) is 4.65. The zero-order chi connectivity index (χ0) is 11.7. The van der Waals surface area contributed by atoms with Crippen molar-refractivity contribution in [3.63, 3.8) is 0 Å². The average molecular weight is 232 g/mol. The fourth-order valence-corrected chi connectivity index (χ4v) is 3.56. The molecular formula is C15H24N2. The smallest absolute Gasteiger partial charge is 0.106 e. The van der Waals surface area contributed by atoms with Gasteiger partial charge in [-0.05, 0) is 31.6 Å². The van der Waals surface area contributed by atoms with Crippen LogP contribution < -0.4 is 0 Å². The first-order valence-electron chi connectivity index (χ1n) is 7.40. The predicted octanol–water partition coefficient (Wildman–Crippen LogP) is 3.97. The lowest BCUT2D eigenvalue weighted by atomic mass is 9.92. The van der Waals surface area contributed by atoms with Gasteiger partial charge in [-0.3, -0.25) is 0 Å². The van der Waals surface area contributed by atoms with Gasteiger partial charge in [-0.15, -0.1) is 0 Å². The van der Waals surface area contributed by atoms with Gasteiger partial charge in [-0.1, -0.05) is 32.6 Å². The Morgan fingerprint density at radius 3 is 2.76 bits per heavy atom. The molecule has 1 atom stereocenters. The fourth-order valence-electron chi connectivity index (χ4n) is 3.56. The molecule has 0 radical (unpaired) electrons. The predicted molar refractivity (Wildman–Crippen MR) is 70.2 cm³/mol. The summed E-state index contributed by atoms with van der Waals surface area (Å²) in [5.41, 5.74) is 2.81. The van der Waals surface area contributed by atoms with Crippen molar-refractivity contribution in [2.75, 3.05) is 0 Å². The van der Waals surface area contributed by atoms with Crippen molar-refractivity contribution in [1.29, 1.82) is 0 Å². The molecule has 2 aliphatic rings. The number of nitrogens with zero attached hydrogens (tertiary/aromatic N) is 1. The summed E-state index contributed by atoms with van der Waals surface area (Å²) in [6, 6.07) is 0. The van der Waals surface area contributed by atoms with Crippen molar-refractivity contribution in [2.45, 2.75) is 70.6 Å². The Morgan fingerprint density at radius 2 is 2.00 bits per heavy atom. The maximum atomic E-state index is 4.84. The van der Waals surface area contributed by atoms with Gasteiger partial charge >= 0.3 is 0 Å². The van der Waals surface area contributed by atoms with E-state index in [1.54, 1.807) is 0 Å². The van der Waals surface area contributed by atoms with E-state index >= 15 is 0 Å². The second kappa shape index (κ2) is 4.83. The van der Waals surface area contributed by atoms with Gasteiger partial charge in [0.2, 0.25) is 0 Å². The third kappa shape index (κ3) is 2.41. The highest BCUT2D eigenvalue weighted by molar-refractivity contribution is 5.21. The highest BCUT2D eigenvalue weighted by atomic mass is 14.9. The van der Waals surface area contributed by atoms with Crippen LogP contribution in [-0.2, 0) is 12.8 Å². The third-order valence-electron chi connectivity index (χ3n) is 4.65. The van der Waals surface area contributed by atoms with Crippen LogP contribution in [0.2, 0.25) is 0 Å². The average Bonchev–Trinajstić information content (AvgIpc) is 2.95. The van der Waals surface area contributed by atoms with Crippen LogP contribution in [0.3, 0.4) is 0 Å². The van der Waals surface area contributed by atoms with Crippen molar-refractivity contribution in [3.05, 3.63) is 17.2 Å². The van der Waals surface area contributed by atoms with E-state index in [1.165, 1.54) is 75.0 Å². The normalized spacial score (nSPS) is 25.1. The summed E-state index contributed by atoms with van der Waals surface area (Å²) in [5.74, 6) is 2.92. The minimum absolute atomic E-state index is 0.676. The van der Waals surface area contributed by atoms with Crippen LogP contribution in [-0.4, -0.2) is 9.97 Å². The molecule has 0 saturated heterocycles. The Labute approximate surface area is 104 Å². The van der Waals surface area contributed by atoms with Gasteiger partial charge < -0.3 is 4.98 Å². The largest absolute Gasteiger partial charge is 0.346 e. The van der Waals surface area contributed by atoms with Crippen molar-refractivity contribution < 1.29 is 0 Å². The molecule has 0 bridgehead atoms. The van der Waals surface area contributed by atoms with Gasteiger partial charge in [0, 0.05) is 18.0 Å². The topological polar surface area (TPSA) is 28.7 Å². The van der Waals surface area contributed by atoms with E-state index in [4.69, 9.17) is 4.98 Å². The van der Waals surface area contributed by atoms with E-state index in [2.05, 4.69) is 11.9 Å². The number of fused-ring (bicyclic) bond motifs is 1. The molecule has 1 unspecified atom stereocenters. The van der Waals surface area contributed by atoms with Gasteiger partial charge in [0.1, 0.15) is 5.82 Å². The van der Waals surface area contributed by atoms with Crippen LogP contribution >= 0.6 is 0 Å². The zero-order valence-corrected chi connectivity index (χ0v) is 11.0. The number of rotatable bonds is 3. The van der Waals surface area contributed by atoms with Crippen LogP contribution in [0.15, 0.2) is 0 Å². The van der Waals surface area contributed by atoms with E-state index in [1.807, 2.05) is 0 Å². The summed E-state index contributed by atoms with van der Waals surface area (Å²) in [6.45, 7) is 2.32. The van der Waals surface area contributed by atoms with E-state index in [9.17, 15) is 0 Å². The van der Waals surface area contributed by atoms with E-state index in [-0.39, 0.29) is 0 Å². The minimum atomic E-state index is 0.676. The monoisotopic (exact) mass is 232 g/mol. The van der Waals surface area contributed by atoms with Crippen molar-refractivity contribution >= 4 is 0 Å². The van der Waals surface area contributed by atoms with E-state index in [0.29, 0.717) is 5.92 Å². The Hall–Kier alpha value is -0.790. The molecule has 1 aromatic heterocycles. The molecule has 1 fully saturated rings. The molecule has 1 heterocycles. The molecule has 0 aromatic carbocycles. The van der Waals surface area contributed by atoms with Gasteiger partial charge in [-0.25, -0.2) is 4.98 Å². The Kier molecular flexibility index (Phi) is 3.21. The molecule has 3 rings (SSSR count). The Morgan fingerprint density at radius 1 is 1.18 bits per heavy atom. The van der Waals surface area contributed by atoms with Crippen LogP contribution in [0.5, 0.6) is 0 Å². The number of hydrogen-bond acceptors (Lipinski definition) is 1. The molecule has 1 N–H and O–H groups in total. The van der Waals surface area contributed by atoms with Crippen molar-refractivity contribution in [1.82, 2.24) is 9.97 Å². The number of aromatic nitrogens is 2. The second-order valence-electron chi connectivity index (χ2n) is 6.03. The van der Waals surface area contributed by atoms with Crippen LogP contribution in [0.1, 0.15) is 75.0 Å². The van der Waals surface area contributed by atoms with Gasteiger partial charge in [0.15, 0.2) is 0 Å². The number of imidazole rings is 1. The van der Waals surface area contributed by atoms with Gasteiger partial charge in [0.05, 0.1) is 5.69 Å². The first kappa shape index (κ1) is 11.3. The van der Waals surface area contributed by atoms with Crippen LogP contribution in [0, 0.1) is 5.92 Å². The first-order chi connectivity index (χ1) is 8.33. The minimum Gasteiger partial charge on any atom is -0.346 e. The van der Waals surface area contributed by atoms with Gasteiger partial charge in [-0.2, -0.15) is 0 Å². The summed E-state index contributed by atoms with van der Waals surface area (Å²) in [7, 11) is 0. The van der Waals surface area contributed by atoms with Crippen molar-refractivity contribution in [3.8, 4) is 0 Å². The molecule has 17 heavy (non-hydrogen) atoms. The second-order valence-corrected chi connectivity index (χ2v) is 6.03. The molecule has 0 aliphatic heterocycles. The van der Waals surface area contributed by atoms with E-state index < -0.39 is 0 Å². The fraction of sp³-hybridized carbons (Fsp3) is 0.800. The summed E-state index contributed by atoms with van der Waals surface area (Å²) >= 11 is 0. The van der Waals surface area contributed by atoms with Gasteiger partial charge in [0.25, 0.3) is 0 Å². The highest BCUT2D eigenvalue weighted by Crippen LogP contribution is 2.31. The number of aryl methyl sites for hydroxylation is 2. The lowest BCUT2D eigenvalue weighted by molar-refractivity contribution is 0.497. The lowest BCUT2D eigenvalue weighted by Crippen LogP contribution is -2.05. The highest BCUT2D eigenvalue weighted by Gasteiger charge is 2.21. The molecule has 2 nitrogen and oxygen atoms in total. The lowest BCUT2D eigenvalue weighted by Gasteiger charge is -2.15. The SMILES string of the molecule is CC1CCCc2[nH]c(CCC3CCCC3)nc21. The molecule has 2 aliphatic carbocycles. The molecule has 0 spiro atoms. The molecular weight excluding hydrogens is 208 g/mol. The molecule has 0 amide bonds. The summed E-state index contributed by atoms with van der Waals surface area (Å²) in [5, 5.41) is 0. The number of H-pyrrole nitrogens is 1. The molecule has 1 saturated carbocycles. The number of nitrogens with one attached hydrogen (secondary N) is 1. The maximum Gasteiger partial charge on any atom is 0.106 e. The molecule has 94 valence electrons. The quantitative estimate of drug-likeness (QED) is 0.839. The Bertz CT molecular complexity index is 374. The summed E-state index contributed by atoms with van der Waals surface area (Å²) in [4.78, 5) is 8.41. The maximum absolute atomic E-state index is 4.84. The molecule has 2 heteroatoms. The van der Waals surface area contributed by atoms with Crippen molar-refractivity contribution in [2.24, 2.45) is 5.92 Å². The number of aromatic amines is 1. The van der Waals surface area contributed by atoms with Crippen LogP contribution in [0.4, 0.5) is 0 Å². The Balaban J connectivity index is 1.63. The first-order valence-corrected chi connectivity index (χ1v) is 7.40. The standard InChI is InChI=1S/C15H24N2/c1-11-5-4-8-13-15(11)17-14(16-13)10-9-12-6-2-3-7-12/h11-12H,2-10H2,1H3,(H,16,17). The van der Waals surface area contributed by atoms with Crippen LogP contribution in [0.25, 0.3) is 0 Å². The zero-order valence-electron chi connectivity index (χ0n) is 11.0. The molecule has 1 aromatic rings. The summed E-state index contributed by atoms with van der Waals surface area (Å²) < 4.78 is 0. The number of hydrogen-bond donors (Lipinski definition) is 1.